The number of rotatable bonds is 6. The highest BCUT2D eigenvalue weighted by Crippen LogP contribution is 2.53. The molecule has 7 rings (SSSR count). The van der Waals surface area contributed by atoms with E-state index in [9.17, 15) is 80.8 Å². The summed E-state index contributed by atoms with van der Waals surface area (Å²) in [5, 5.41) is 19.7. The summed E-state index contributed by atoms with van der Waals surface area (Å²) in [7, 11) is 0. The number of fused-ring (bicyclic) bond motifs is 3. The van der Waals surface area contributed by atoms with Crippen LogP contribution in [0.15, 0.2) is 78.4 Å². The smallest absolute Gasteiger partial charge is 0.405 e. The number of halogens is 16. The second kappa shape index (κ2) is 15.2. The lowest BCUT2D eigenvalue weighted by Gasteiger charge is -2.17. The van der Waals surface area contributed by atoms with Crippen molar-refractivity contribution in [2.24, 2.45) is 0 Å². The Labute approximate surface area is 335 Å². The molecule has 0 spiro atoms. The minimum absolute atomic E-state index is 0.191. The van der Waals surface area contributed by atoms with Crippen molar-refractivity contribution in [3.63, 3.8) is 0 Å². The second-order valence-corrected chi connectivity index (χ2v) is 12.9. The third-order valence-corrected chi connectivity index (χ3v) is 9.38. The fourth-order valence-electron chi connectivity index (χ4n) is 6.79. The summed E-state index contributed by atoms with van der Waals surface area (Å²) in [6, 6.07) is 13.0. The zero-order chi connectivity index (χ0) is 45.3. The number of allylic oxidation sites excluding steroid dienone is 1. The Balaban J connectivity index is 1.46. The molecule has 0 saturated heterocycles. The third-order valence-electron chi connectivity index (χ3n) is 9.38. The number of nitrogens with zero attached hydrogens (tertiary/aromatic N) is 2. The number of hydrogen-bond donors (Lipinski definition) is 0. The van der Waals surface area contributed by atoms with Crippen LogP contribution in [0.25, 0.3) is 61.2 Å². The molecule has 0 radical (unpaired) electrons. The molecular weight excluding hydrogens is 868 g/mol. The molecule has 0 atom stereocenters. The zero-order valence-electron chi connectivity index (χ0n) is 29.7. The van der Waals surface area contributed by atoms with E-state index in [4.69, 9.17) is 0 Å². The lowest BCUT2D eigenvalue weighted by Crippen LogP contribution is -2.17. The Morgan fingerprint density at radius 2 is 0.645 bits per heavy atom. The maximum atomic E-state index is 14.6. The number of benzene rings is 6. The average Bonchev–Trinajstić information content (AvgIpc) is 3.51. The molecule has 0 N–H and O–H groups in total. The maximum absolute atomic E-state index is 14.6. The first-order valence-corrected chi connectivity index (χ1v) is 16.7. The van der Waals surface area contributed by atoms with Gasteiger partial charge in [-0.3, -0.25) is 0 Å². The number of ether oxygens (including phenoxy) is 2. The van der Waals surface area contributed by atoms with Gasteiger partial charge in [-0.25, -0.2) is 43.9 Å². The molecule has 6 aromatic rings. The Morgan fingerprint density at radius 3 is 0.919 bits per heavy atom. The van der Waals surface area contributed by atoms with Crippen LogP contribution in [0.3, 0.4) is 0 Å². The molecule has 0 unspecified atom stereocenters. The van der Waals surface area contributed by atoms with Crippen molar-refractivity contribution in [1.29, 1.82) is 10.5 Å². The van der Waals surface area contributed by atoms with E-state index < -0.39 is 138 Å². The minimum atomic E-state index is -5.47. The van der Waals surface area contributed by atoms with Crippen LogP contribution in [-0.4, -0.2) is 12.7 Å². The van der Waals surface area contributed by atoms with Crippen LogP contribution in [0.2, 0.25) is 0 Å². The lowest BCUT2D eigenvalue weighted by atomic mass is 9.93. The average molecular weight is 881 g/mol. The molecule has 314 valence electrons. The fourth-order valence-corrected chi connectivity index (χ4v) is 6.79. The molecule has 0 saturated carbocycles. The number of alkyl halides is 6. The molecule has 0 amide bonds. The van der Waals surface area contributed by atoms with E-state index in [0.29, 0.717) is 12.1 Å². The Bertz CT molecular complexity index is 2740. The van der Waals surface area contributed by atoms with Gasteiger partial charge in [-0.15, -0.1) is 26.3 Å². The summed E-state index contributed by atoms with van der Waals surface area (Å²) in [6.45, 7) is 0. The van der Waals surface area contributed by atoms with Crippen molar-refractivity contribution < 1.29 is 79.7 Å². The minimum Gasteiger partial charge on any atom is -0.405 e. The lowest BCUT2D eigenvalue weighted by molar-refractivity contribution is -0.275. The van der Waals surface area contributed by atoms with Crippen LogP contribution in [0.1, 0.15) is 11.1 Å². The first-order chi connectivity index (χ1) is 29.1. The van der Waals surface area contributed by atoms with E-state index in [-0.39, 0.29) is 22.3 Å². The van der Waals surface area contributed by atoms with Crippen molar-refractivity contribution in [2.75, 3.05) is 0 Å². The summed E-state index contributed by atoms with van der Waals surface area (Å²) >= 11 is 0. The molecule has 0 bridgehead atoms. The van der Waals surface area contributed by atoms with E-state index >= 15 is 0 Å². The van der Waals surface area contributed by atoms with Gasteiger partial charge in [-0.2, -0.15) is 10.5 Å². The van der Waals surface area contributed by atoms with Crippen molar-refractivity contribution in [1.82, 2.24) is 0 Å². The summed E-state index contributed by atoms with van der Waals surface area (Å²) < 4.78 is 233. The van der Waals surface area contributed by atoms with E-state index in [1.807, 2.05) is 0 Å². The van der Waals surface area contributed by atoms with Crippen LogP contribution in [0, 0.1) is 80.8 Å². The number of nitriles is 2. The monoisotopic (exact) mass is 880 g/mol. The van der Waals surface area contributed by atoms with Crippen LogP contribution >= 0.6 is 0 Å². The van der Waals surface area contributed by atoms with Gasteiger partial charge in [0.15, 0.2) is 46.5 Å². The molecule has 6 aromatic carbocycles. The Kier molecular flexibility index (Phi) is 10.5. The summed E-state index contributed by atoms with van der Waals surface area (Å²) in [6.07, 6.45) is -10.9. The largest absolute Gasteiger partial charge is 0.573 e. The van der Waals surface area contributed by atoms with Gasteiger partial charge in [-0.05, 0) is 68.8 Å². The summed E-state index contributed by atoms with van der Waals surface area (Å²) in [5.41, 5.74) is -8.13. The molecule has 0 aromatic heterocycles. The highest BCUT2D eigenvalue weighted by Gasteiger charge is 2.38. The van der Waals surface area contributed by atoms with Crippen molar-refractivity contribution in [3.8, 4) is 79.3 Å². The van der Waals surface area contributed by atoms with Crippen LogP contribution < -0.4 is 9.47 Å². The fraction of sp³-hybridized carbons (Fsp3) is 0.0476. The number of hydrogen-bond acceptors (Lipinski definition) is 4. The molecule has 0 heterocycles. The second-order valence-electron chi connectivity index (χ2n) is 12.9. The predicted octanol–water partition coefficient (Wildman–Crippen LogP) is 13.4. The molecule has 62 heavy (non-hydrogen) atoms. The first kappa shape index (κ1) is 42.6. The summed E-state index contributed by atoms with van der Waals surface area (Å²) in [4.78, 5) is 0. The summed E-state index contributed by atoms with van der Waals surface area (Å²) in [5.74, 6) is -25.2. The highest BCUT2D eigenvalue weighted by molar-refractivity contribution is 6.07. The maximum Gasteiger partial charge on any atom is 0.573 e. The van der Waals surface area contributed by atoms with Crippen molar-refractivity contribution in [2.45, 2.75) is 12.7 Å². The molecule has 0 fully saturated rings. The first-order valence-electron chi connectivity index (χ1n) is 16.7. The standard InChI is InChI=1S/C42H12F16N2O2/c43-31-29(32(44)36(48)39(51)35(31)47)17-5-1-15(2-6-17)20-9-22-23-10-21(16-3-7-18(8-4-16)30-33(45)37(49)40(52)38(50)34(30)46)27(62-42(56,57)58)12-25(23)28(19(13-59)14-60)24(22)11-26(20)61-41(53,54)55/h1-12H. The van der Waals surface area contributed by atoms with Crippen molar-refractivity contribution >= 4 is 5.57 Å². The van der Waals surface area contributed by atoms with Gasteiger partial charge in [0.25, 0.3) is 0 Å². The quantitative estimate of drug-likeness (QED) is 0.0722. The third kappa shape index (κ3) is 7.27. The van der Waals surface area contributed by atoms with E-state index in [1.54, 1.807) is 0 Å². The van der Waals surface area contributed by atoms with E-state index in [1.165, 1.54) is 12.1 Å². The normalized spacial score (nSPS) is 12.1. The van der Waals surface area contributed by atoms with Gasteiger partial charge >= 0.3 is 12.7 Å². The molecule has 0 aliphatic heterocycles. The van der Waals surface area contributed by atoms with Gasteiger partial charge < -0.3 is 9.47 Å². The Hall–Kier alpha value is -7.48. The van der Waals surface area contributed by atoms with E-state index in [2.05, 4.69) is 9.47 Å². The van der Waals surface area contributed by atoms with E-state index in [0.717, 1.165) is 60.7 Å². The van der Waals surface area contributed by atoms with Gasteiger partial charge in [0.1, 0.15) is 29.2 Å². The van der Waals surface area contributed by atoms with Crippen LogP contribution in [0.4, 0.5) is 70.2 Å². The SMILES string of the molecule is N#CC(C#N)=C1c2cc(OC(F)(F)F)c(-c3ccc(-c4c(F)c(F)c(F)c(F)c4F)cc3)cc2-c2cc(-c3ccc(-c4c(F)c(F)c(F)c(F)c4F)cc3)c(OC(F)(F)F)cc21. The molecule has 1 aliphatic carbocycles. The van der Waals surface area contributed by atoms with Gasteiger partial charge in [0.05, 0.1) is 11.1 Å². The predicted molar refractivity (Wildman–Crippen MR) is 184 cm³/mol. The van der Waals surface area contributed by atoms with Gasteiger partial charge in [0, 0.05) is 16.7 Å². The Morgan fingerprint density at radius 1 is 0.371 bits per heavy atom. The molecule has 4 nitrogen and oxygen atoms in total. The van der Waals surface area contributed by atoms with Crippen molar-refractivity contribution in [3.05, 3.63) is 148 Å². The van der Waals surface area contributed by atoms with Gasteiger partial charge in [-0.1, -0.05) is 48.5 Å². The highest BCUT2D eigenvalue weighted by atomic mass is 19.4. The molecule has 1 aliphatic rings. The molecular formula is C42H12F16N2O2. The zero-order valence-corrected chi connectivity index (χ0v) is 29.7. The topological polar surface area (TPSA) is 66.0 Å². The molecule has 20 heteroatoms. The van der Waals surface area contributed by atoms with Gasteiger partial charge in [0.2, 0.25) is 11.6 Å². The van der Waals surface area contributed by atoms with Crippen LogP contribution in [-0.2, 0) is 0 Å². The van der Waals surface area contributed by atoms with Crippen LogP contribution in [0.5, 0.6) is 11.5 Å².